The zero-order valence-corrected chi connectivity index (χ0v) is 16.4. The van der Waals surface area contributed by atoms with Crippen LogP contribution in [0.4, 0.5) is 4.79 Å². The number of furan rings is 1. The second-order valence-electron chi connectivity index (χ2n) is 7.13. The Morgan fingerprint density at radius 3 is 2.60 bits per heavy atom. The number of amides is 4. The molecule has 154 valence electrons. The van der Waals surface area contributed by atoms with E-state index in [9.17, 15) is 24.3 Å². The smallest absolute Gasteiger partial charge is 0.337 e. The molecule has 1 aliphatic heterocycles. The monoisotopic (exact) mass is 428 g/mol. The average molecular weight is 429 g/mol. The van der Waals surface area contributed by atoms with Gasteiger partial charge in [0.05, 0.1) is 10.6 Å². The predicted molar refractivity (Wildman–Crippen MR) is 107 cm³/mol. The number of hydrogen-bond donors (Lipinski definition) is 2. The predicted octanol–water partition coefficient (Wildman–Crippen LogP) is 3.70. The zero-order valence-electron chi connectivity index (χ0n) is 15.7. The highest BCUT2D eigenvalue weighted by Crippen LogP contribution is 2.30. The Bertz CT molecular complexity index is 1100. The third-order valence-electron chi connectivity index (χ3n) is 5.22. The zero-order chi connectivity index (χ0) is 21.4. The summed E-state index contributed by atoms with van der Waals surface area (Å²) in [5.41, 5.74) is 0.214. The minimum atomic E-state index is -1.17. The van der Waals surface area contributed by atoms with Gasteiger partial charge in [0.1, 0.15) is 17.1 Å². The maximum Gasteiger partial charge on any atom is 0.337 e. The van der Waals surface area contributed by atoms with Crippen molar-refractivity contribution in [2.24, 2.45) is 0 Å². The lowest BCUT2D eigenvalue weighted by molar-refractivity contribution is -0.131. The van der Waals surface area contributed by atoms with E-state index >= 15 is 0 Å². The van der Waals surface area contributed by atoms with Gasteiger partial charge in [-0.15, -0.1) is 0 Å². The highest BCUT2D eigenvalue weighted by atomic mass is 35.5. The van der Waals surface area contributed by atoms with Crippen LogP contribution in [-0.2, 0) is 9.59 Å². The summed E-state index contributed by atoms with van der Waals surface area (Å²) in [7, 11) is 0. The molecule has 2 N–H and O–H groups in total. The average Bonchev–Trinajstić information content (AvgIpc) is 3.37. The van der Waals surface area contributed by atoms with Crippen molar-refractivity contribution in [1.82, 2.24) is 10.2 Å². The molecule has 1 saturated heterocycles. The second kappa shape index (κ2) is 7.79. The van der Waals surface area contributed by atoms with Crippen LogP contribution in [0.5, 0.6) is 0 Å². The quantitative estimate of drug-likeness (QED) is 0.566. The van der Waals surface area contributed by atoms with Gasteiger partial charge in [-0.2, -0.15) is 0 Å². The van der Waals surface area contributed by atoms with Crippen LogP contribution >= 0.6 is 11.6 Å². The maximum atomic E-state index is 12.8. The number of carboxylic acids is 1. The second-order valence-corrected chi connectivity index (χ2v) is 7.54. The SMILES string of the molecule is O=C1NC(=O)N(C2CCCC2)C(=O)/C1=C\c1ccc(-c2ccc(Cl)c(C(=O)O)c2)o1. The molecule has 30 heavy (non-hydrogen) atoms. The van der Waals surface area contributed by atoms with E-state index in [1.54, 1.807) is 18.2 Å². The summed E-state index contributed by atoms with van der Waals surface area (Å²) >= 11 is 5.89. The minimum Gasteiger partial charge on any atom is -0.478 e. The number of nitrogens with one attached hydrogen (secondary N) is 1. The van der Waals surface area contributed by atoms with Gasteiger partial charge in [-0.05, 0) is 49.2 Å². The van der Waals surface area contributed by atoms with Crippen LogP contribution in [0.3, 0.4) is 0 Å². The van der Waals surface area contributed by atoms with Crippen LogP contribution in [-0.4, -0.2) is 39.9 Å². The van der Waals surface area contributed by atoms with Gasteiger partial charge in [-0.25, -0.2) is 9.59 Å². The van der Waals surface area contributed by atoms with E-state index < -0.39 is 23.8 Å². The van der Waals surface area contributed by atoms with Crippen LogP contribution in [0.15, 0.2) is 40.3 Å². The number of benzene rings is 1. The number of barbiturate groups is 1. The molecule has 2 heterocycles. The fourth-order valence-corrected chi connectivity index (χ4v) is 3.93. The molecule has 2 aliphatic rings. The summed E-state index contributed by atoms with van der Waals surface area (Å²) in [4.78, 5) is 49.6. The molecule has 1 saturated carbocycles. The molecule has 8 nitrogen and oxygen atoms in total. The largest absolute Gasteiger partial charge is 0.478 e. The van der Waals surface area contributed by atoms with E-state index in [4.69, 9.17) is 16.0 Å². The fraction of sp³-hybridized carbons (Fsp3) is 0.238. The van der Waals surface area contributed by atoms with Crippen LogP contribution < -0.4 is 5.32 Å². The number of nitrogens with zero attached hydrogens (tertiary/aromatic N) is 1. The number of hydrogen-bond acceptors (Lipinski definition) is 5. The van der Waals surface area contributed by atoms with Crippen LogP contribution in [0.25, 0.3) is 17.4 Å². The fourth-order valence-electron chi connectivity index (χ4n) is 3.74. The Kier molecular flexibility index (Phi) is 5.17. The summed E-state index contributed by atoms with van der Waals surface area (Å²) in [6.45, 7) is 0. The normalized spacial score (nSPS) is 18.9. The van der Waals surface area contributed by atoms with E-state index in [-0.39, 0.29) is 28.0 Å². The molecule has 0 atom stereocenters. The summed E-state index contributed by atoms with van der Waals surface area (Å²) in [6, 6.07) is 6.65. The number of aromatic carboxylic acids is 1. The van der Waals surface area contributed by atoms with Gasteiger partial charge < -0.3 is 9.52 Å². The lowest BCUT2D eigenvalue weighted by Gasteiger charge is -2.30. The van der Waals surface area contributed by atoms with Crippen LogP contribution in [0.1, 0.15) is 41.8 Å². The molecule has 4 rings (SSSR count). The highest BCUT2D eigenvalue weighted by molar-refractivity contribution is 6.33. The summed E-state index contributed by atoms with van der Waals surface area (Å²) in [6.07, 6.45) is 4.57. The molecule has 2 fully saturated rings. The Morgan fingerprint density at radius 2 is 1.90 bits per heavy atom. The Morgan fingerprint density at radius 1 is 1.17 bits per heavy atom. The highest BCUT2D eigenvalue weighted by Gasteiger charge is 2.40. The lowest BCUT2D eigenvalue weighted by atomic mass is 10.1. The molecular formula is C21H17ClN2O6. The summed E-state index contributed by atoms with van der Waals surface area (Å²) < 4.78 is 5.68. The van der Waals surface area contributed by atoms with Crippen molar-refractivity contribution in [1.29, 1.82) is 0 Å². The number of carbonyl (C=O) groups excluding carboxylic acids is 3. The first-order valence-corrected chi connectivity index (χ1v) is 9.76. The van der Waals surface area contributed by atoms with Gasteiger partial charge >= 0.3 is 12.0 Å². The molecule has 2 aromatic rings. The van der Waals surface area contributed by atoms with Gasteiger partial charge in [0, 0.05) is 11.6 Å². The first-order valence-electron chi connectivity index (χ1n) is 9.39. The molecule has 1 aliphatic carbocycles. The molecule has 4 amide bonds. The van der Waals surface area contributed by atoms with Crippen molar-refractivity contribution in [2.45, 2.75) is 31.7 Å². The van der Waals surface area contributed by atoms with E-state index in [0.29, 0.717) is 24.2 Å². The number of imide groups is 2. The van der Waals surface area contributed by atoms with Gasteiger partial charge in [0.15, 0.2) is 0 Å². The Labute approximate surface area is 176 Å². The third kappa shape index (κ3) is 3.61. The van der Waals surface area contributed by atoms with E-state index in [1.165, 1.54) is 18.2 Å². The summed E-state index contributed by atoms with van der Waals surface area (Å²) in [5, 5.41) is 11.5. The number of rotatable bonds is 4. The number of carbonyl (C=O) groups is 4. The maximum absolute atomic E-state index is 12.8. The number of carboxylic acid groups (broad SMARTS) is 1. The summed E-state index contributed by atoms with van der Waals surface area (Å²) in [5.74, 6) is -2.04. The first kappa shape index (κ1) is 19.9. The standard InChI is InChI=1S/C21H17ClN2O6/c22-16-7-5-11(9-14(16)20(27)28)17-8-6-13(30-17)10-15-18(25)23-21(29)24(19(15)26)12-3-1-2-4-12/h5-10,12H,1-4H2,(H,27,28)(H,23,25,29)/b15-10-. The first-order chi connectivity index (χ1) is 14.3. The van der Waals surface area contributed by atoms with Crippen molar-refractivity contribution in [3.05, 3.63) is 52.3 Å². The van der Waals surface area contributed by atoms with Crippen LogP contribution in [0.2, 0.25) is 5.02 Å². The molecule has 0 bridgehead atoms. The van der Waals surface area contributed by atoms with Crippen molar-refractivity contribution < 1.29 is 28.7 Å². The molecule has 0 radical (unpaired) electrons. The van der Waals surface area contributed by atoms with E-state index in [2.05, 4.69) is 5.32 Å². The molecule has 9 heteroatoms. The molecule has 0 unspecified atom stereocenters. The van der Waals surface area contributed by atoms with Gasteiger partial charge in [0.25, 0.3) is 11.8 Å². The van der Waals surface area contributed by atoms with Gasteiger partial charge in [0.2, 0.25) is 0 Å². The van der Waals surface area contributed by atoms with Gasteiger partial charge in [-0.3, -0.25) is 19.8 Å². The lowest BCUT2D eigenvalue weighted by Crippen LogP contribution is -2.57. The third-order valence-corrected chi connectivity index (χ3v) is 5.55. The molecular weight excluding hydrogens is 412 g/mol. The molecule has 1 aromatic heterocycles. The Hall–Kier alpha value is -3.39. The number of urea groups is 1. The van der Waals surface area contributed by atoms with E-state index in [1.807, 2.05) is 0 Å². The minimum absolute atomic E-state index is 0.0713. The van der Waals surface area contributed by atoms with Crippen molar-refractivity contribution >= 4 is 41.5 Å². The number of halogens is 1. The van der Waals surface area contributed by atoms with Crippen molar-refractivity contribution in [3.63, 3.8) is 0 Å². The van der Waals surface area contributed by atoms with E-state index in [0.717, 1.165) is 17.7 Å². The van der Waals surface area contributed by atoms with Crippen molar-refractivity contribution in [3.8, 4) is 11.3 Å². The van der Waals surface area contributed by atoms with Crippen LogP contribution in [0, 0.1) is 0 Å². The molecule has 1 aromatic carbocycles. The van der Waals surface area contributed by atoms with Crippen molar-refractivity contribution in [2.75, 3.05) is 0 Å². The molecule has 0 spiro atoms. The van der Waals surface area contributed by atoms with Gasteiger partial charge in [-0.1, -0.05) is 24.4 Å². The Balaban J connectivity index is 1.64. The topological polar surface area (TPSA) is 117 Å².